The molecular formula is C18H18FN3O2S. The first-order valence-corrected chi connectivity index (χ1v) is 9.66. The molecule has 1 fully saturated rings. The molecule has 0 radical (unpaired) electrons. The maximum absolute atomic E-state index is 14.3. The van der Waals surface area contributed by atoms with Crippen LogP contribution >= 0.6 is 0 Å². The van der Waals surface area contributed by atoms with Gasteiger partial charge in [0.2, 0.25) is 0 Å². The summed E-state index contributed by atoms with van der Waals surface area (Å²) >= 11 is 0. The van der Waals surface area contributed by atoms with Crippen LogP contribution in [0.1, 0.15) is 24.0 Å². The summed E-state index contributed by atoms with van der Waals surface area (Å²) in [6.45, 7) is 3.86. The molecule has 7 heteroatoms. The summed E-state index contributed by atoms with van der Waals surface area (Å²) in [6.07, 6.45) is 2.25. The van der Waals surface area contributed by atoms with E-state index in [4.69, 9.17) is 0 Å². The molecule has 1 saturated heterocycles. The normalized spacial score (nSPS) is 18.2. The summed E-state index contributed by atoms with van der Waals surface area (Å²) < 4.78 is 42.5. The van der Waals surface area contributed by atoms with Crippen molar-refractivity contribution in [1.82, 2.24) is 0 Å². The van der Waals surface area contributed by atoms with Crippen molar-refractivity contribution in [2.45, 2.75) is 24.7 Å². The molecule has 0 unspecified atom stereocenters. The standard InChI is InChI=1S/C18H18FN3O2S/c1-12-7-8-15(22-9-2-3-10-22)14(11-12)20-18-17-13(19)5-4-6-16(17)25(23,24)21-18/h4-8,11H,2-3,9-10H2,1H3,(H,20,21). The first-order chi connectivity index (χ1) is 12.0. The minimum Gasteiger partial charge on any atom is -0.370 e. The van der Waals surface area contributed by atoms with E-state index in [2.05, 4.69) is 14.6 Å². The lowest BCUT2D eigenvalue weighted by molar-refractivity contribution is 0.595. The molecule has 0 aromatic heterocycles. The molecule has 0 amide bonds. The van der Waals surface area contributed by atoms with Crippen LogP contribution in [-0.2, 0) is 10.0 Å². The van der Waals surface area contributed by atoms with Gasteiger partial charge in [-0.1, -0.05) is 12.1 Å². The largest absolute Gasteiger partial charge is 0.370 e. The third-order valence-electron chi connectivity index (χ3n) is 4.55. The van der Waals surface area contributed by atoms with Crippen molar-refractivity contribution in [1.29, 1.82) is 0 Å². The number of hydrogen-bond acceptors (Lipinski definition) is 4. The van der Waals surface area contributed by atoms with Crippen LogP contribution in [0.5, 0.6) is 0 Å². The molecule has 2 aromatic carbocycles. The number of nitrogens with zero attached hydrogens (tertiary/aromatic N) is 2. The van der Waals surface area contributed by atoms with Crippen molar-refractivity contribution in [3.63, 3.8) is 0 Å². The smallest absolute Gasteiger partial charge is 0.285 e. The number of halogens is 1. The molecule has 0 atom stereocenters. The predicted molar refractivity (Wildman–Crippen MR) is 96.4 cm³/mol. The Labute approximate surface area is 146 Å². The minimum atomic E-state index is -3.87. The number of nitrogens with one attached hydrogen (secondary N) is 1. The first-order valence-electron chi connectivity index (χ1n) is 8.22. The maximum atomic E-state index is 14.3. The highest BCUT2D eigenvalue weighted by molar-refractivity contribution is 7.90. The molecule has 130 valence electrons. The molecule has 1 N–H and O–H groups in total. The summed E-state index contributed by atoms with van der Waals surface area (Å²) in [6, 6.07) is 9.96. The van der Waals surface area contributed by atoms with Crippen LogP contribution in [-0.4, -0.2) is 27.3 Å². The lowest BCUT2D eigenvalue weighted by Crippen LogP contribution is -2.21. The Morgan fingerprint density at radius 1 is 1.16 bits per heavy atom. The summed E-state index contributed by atoms with van der Waals surface area (Å²) in [5, 5.41) is 3.07. The zero-order valence-electron chi connectivity index (χ0n) is 13.8. The summed E-state index contributed by atoms with van der Waals surface area (Å²) in [7, 11) is -3.87. The highest BCUT2D eigenvalue weighted by atomic mass is 32.2. The van der Waals surface area contributed by atoms with Crippen molar-refractivity contribution in [2.75, 3.05) is 23.3 Å². The van der Waals surface area contributed by atoms with Crippen LogP contribution < -0.4 is 10.2 Å². The second-order valence-electron chi connectivity index (χ2n) is 6.37. The van der Waals surface area contributed by atoms with E-state index in [1.165, 1.54) is 18.2 Å². The topological polar surface area (TPSA) is 61.8 Å². The van der Waals surface area contributed by atoms with Crippen molar-refractivity contribution in [2.24, 2.45) is 4.40 Å². The van der Waals surface area contributed by atoms with Gasteiger partial charge in [0.05, 0.1) is 16.9 Å². The van der Waals surface area contributed by atoms with E-state index in [1.807, 2.05) is 25.1 Å². The Balaban J connectivity index is 1.78. The van der Waals surface area contributed by atoms with Gasteiger partial charge in [0.15, 0.2) is 5.84 Å². The van der Waals surface area contributed by atoms with Gasteiger partial charge in [-0.15, -0.1) is 4.40 Å². The van der Waals surface area contributed by atoms with Crippen LogP contribution in [0.3, 0.4) is 0 Å². The molecule has 2 aliphatic heterocycles. The molecule has 5 nitrogen and oxygen atoms in total. The van der Waals surface area contributed by atoms with Crippen molar-refractivity contribution in [3.8, 4) is 0 Å². The number of benzene rings is 2. The lowest BCUT2D eigenvalue weighted by atomic mass is 10.1. The number of anilines is 2. The second kappa shape index (κ2) is 5.84. The van der Waals surface area contributed by atoms with Gasteiger partial charge in [0.25, 0.3) is 10.0 Å². The van der Waals surface area contributed by atoms with Gasteiger partial charge in [0, 0.05) is 13.1 Å². The third-order valence-corrected chi connectivity index (χ3v) is 5.87. The lowest BCUT2D eigenvalue weighted by Gasteiger charge is -2.22. The predicted octanol–water partition coefficient (Wildman–Crippen LogP) is 3.30. The number of fused-ring (bicyclic) bond motifs is 1. The average molecular weight is 359 g/mol. The molecule has 2 aliphatic rings. The molecule has 0 aliphatic carbocycles. The van der Waals surface area contributed by atoms with Gasteiger partial charge in [-0.25, -0.2) is 4.39 Å². The summed E-state index contributed by atoms with van der Waals surface area (Å²) in [5.41, 5.74) is 2.76. The summed E-state index contributed by atoms with van der Waals surface area (Å²) in [5.74, 6) is -0.556. The van der Waals surface area contributed by atoms with Crippen LogP contribution in [0.4, 0.5) is 15.8 Å². The van der Waals surface area contributed by atoms with Crippen molar-refractivity contribution >= 4 is 27.2 Å². The molecule has 0 saturated carbocycles. The second-order valence-corrected chi connectivity index (χ2v) is 7.94. The molecule has 4 rings (SSSR count). The average Bonchev–Trinajstić information content (AvgIpc) is 3.16. The Bertz CT molecular complexity index is 980. The zero-order valence-corrected chi connectivity index (χ0v) is 14.6. The molecule has 2 aromatic rings. The number of aryl methyl sites for hydroxylation is 1. The zero-order chi connectivity index (χ0) is 17.6. The fraction of sp³-hybridized carbons (Fsp3) is 0.278. The van der Waals surface area contributed by atoms with E-state index >= 15 is 0 Å². The molecule has 0 spiro atoms. The Hall–Kier alpha value is -2.41. The quantitative estimate of drug-likeness (QED) is 0.894. The van der Waals surface area contributed by atoms with E-state index in [-0.39, 0.29) is 16.3 Å². The van der Waals surface area contributed by atoms with Gasteiger partial charge in [-0.3, -0.25) is 0 Å². The molecular weight excluding hydrogens is 341 g/mol. The van der Waals surface area contributed by atoms with Crippen molar-refractivity contribution in [3.05, 3.63) is 53.3 Å². The SMILES string of the molecule is Cc1ccc(N2CCCC2)c(NC2=NS(=O)(=O)c3cccc(F)c32)c1. The van der Waals surface area contributed by atoms with Gasteiger partial charge >= 0.3 is 0 Å². The number of sulfonamides is 1. The number of rotatable bonds is 2. The fourth-order valence-electron chi connectivity index (χ4n) is 3.36. The van der Waals surface area contributed by atoms with Crippen LogP contribution in [0.25, 0.3) is 0 Å². The van der Waals surface area contributed by atoms with E-state index in [0.717, 1.165) is 42.9 Å². The monoisotopic (exact) mass is 359 g/mol. The Kier molecular flexibility index (Phi) is 3.76. The highest BCUT2D eigenvalue weighted by Gasteiger charge is 2.32. The van der Waals surface area contributed by atoms with E-state index in [1.54, 1.807) is 0 Å². The minimum absolute atomic E-state index is 0.0105. The van der Waals surface area contributed by atoms with E-state index in [0.29, 0.717) is 0 Å². The van der Waals surface area contributed by atoms with Crippen LogP contribution in [0.15, 0.2) is 45.7 Å². The van der Waals surface area contributed by atoms with Crippen LogP contribution in [0.2, 0.25) is 0 Å². The Morgan fingerprint density at radius 2 is 1.92 bits per heavy atom. The third kappa shape index (κ3) is 2.78. The van der Waals surface area contributed by atoms with Crippen molar-refractivity contribution < 1.29 is 12.8 Å². The fourth-order valence-corrected chi connectivity index (χ4v) is 4.54. The maximum Gasteiger partial charge on any atom is 0.285 e. The molecule has 25 heavy (non-hydrogen) atoms. The van der Waals surface area contributed by atoms with E-state index < -0.39 is 15.8 Å². The van der Waals surface area contributed by atoms with Gasteiger partial charge < -0.3 is 10.2 Å². The summed E-state index contributed by atoms with van der Waals surface area (Å²) in [4.78, 5) is 2.15. The van der Waals surface area contributed by atoms with Gasteiger partial charge in [-0.2, -0.15) is 8.42 Å². The van der Waals surface area contributed by atoms with E-state index in [9.17, 15) is 12.8 Å². The molecule has 0 bridgehead atoms. The van der Waals surface area contributed by atoms with Crippen LogP contribution in [0, 0.1) is 12.7 Å². The Morgan fingerprint density at radius 3 is 2.68 bits per heavy atom. The van der Waals surface area contributed by atoms with Gasteiger partial charge in [-0.05, 0) is 49.6 Å². The first kappa shape index (κ1) is 16.1. The highest BCUT2D eigenvalue weighted by Crippen LogP contribution is 2.33. The number of hydrogen-bond donors (Lipinski definition) is 1. The number of amidine groups is 1. The van der Waals surface area contributed by atoms with Gasteiger partial charge in [0.1, 0.15) is 10.7 Å². The molecule has 2 heterocycles.